The summed E-state index contributed by atoms with van der Waals surface area (Å²) in [4.78, 5) is 0. The Kier molecular flexibility index (Phi) is 5.02. The maximum atomic E-state index is 5.62. The Bertz CT molecular complexity index is 284. The fraction of sp³-hybridized carbons (Fsp3) is 0.500. The van der Waals surface area contributed by atoms with Crippen molar-refractivity contribution >= 4 is 15.9 Å². The lowest BCUT2D eigenvalue weighted by Gasteiger charge is -2.07. The third-order valence-corrected chi connectivity index (χ3v) is 2.94. The van der Waals surface area contributed by atoms with Gasteiger partial charge in [-0.1, -0.05) is 36.2 Å². The molecule has 1 nitrogen and oxygen atoms in total. The molecule has 1 aromatic rings. The lowest BCUT2D eigenvalue weighted by Crippen LogP contribution is -1.97. The molecule has 0 heterocycles. The number of unbranched alkanes of at least 4 members (excludes halogenated alkanes) is 1. The first kappa shape index (κ1) is 11.6. The van der Waals surface area contributed by atoms with Crippen LogP contribution in [-0.2, 0) is 6.42 Å². The predicted octanol–water partition coefficient (Wildman–Crippen LogP) is 4.19. The Morgan fingerprint density at radius 3 is 2.71 bits per heavy atom. The molecule has 1 rings (SSSR count). The van der Waals surface area contributed by atoms with Gasteiger partial charge in [-0.2, -0.15) is 0 Å². The Balaban J connectivity index is 2.60. The van der Waals surface area contributed by atoms with Crippen molar-refractivity contribution in [2.75, 3.05) is 6.61 Å². The first-order chi connectivity index (χ1) is 6.77. The van der Waals surface area contributed by atoms with Crippen LogP contribution in [-0.4, -0.2) is 6.61 Å². The third kappa shape index (κ3) is 3.33. The van der Waals surface area contributed by atoms with E-state index in [1.165, 1.54) is 16.5 Å². The number of rotatable bonds is 5. The molecule has 0 radical (unpaired) electrons. The molecule has 14 heavy (non-hydrogen) atoms. The fourth-order valence-electron chi connectivity index (χ4n) is 1.25. The van der Waals surface area contributed by atoms with E-state index in [1.807, 2.05) is 6.07 Å². The molecule has 0 bridgehead atoms. The van der Waals surface area contributed by atoms with Crippen LogP contribution in [0.4, 0.5) is 0 Å². The maximum absolute atomic E-state index is 5.62. The summed E-state index contributed by atoms with van der Waals surface area (Å²) in [6.45, 7) is 5.14. The maximum Gasteiger partial charge on any atom is 0.119 e. The molecule has 0 atom stereocenters. The van der Waals surface area contributed by atoms with Gasteiger partial charge in [0.15, 0.2) is 0 Å². The first-order valence-corrected chi connectivity index (χ1v) is 5.98. The van der Waals surface area contributed by atoms with Crippen molar-refractivity contribution in [1.29, 1.82) is 0 Å². The predicted molar refractivity (Wildman–Crippen MR) is 63.9 cm³/mol. The van der Waals surface area contributed by atoms with Crippen molar-refractivity contribution in [3.63, 3.8) is 0 Å². The molecule has 0 N–H and O–H groups in total. The summed E-state index contributed by atoms with van der Waals surface area (Å²) >= 11 is 3.52. The molecule has 0 fully saturated rings. The van der Waals surface area contributed by atoms with E-state index in [0.29, 0.717) is 0 Å². The van der Waals surface area contributed by atoms with Gasteiger partial charge in [0, 0.05) is 4.47 Å². The second-order valence-electron chi connectivity index (χ2n) is 3.31. The summed E-state index contributed by atoms with van der Waals surface area (Å²) < 4.78 is 6.79. The highest BCUT2D eigenvalue weighted by Crippen LogP contribution is 2.23. The molecule has 78 valence electrons. The van der Waals surface area contributed by atoms with Gasteiger partial charge < -0.3 is 4.74 Å². The number of hydrogen-bond donors (Lipinski definition) is 0. The quantitative estimate of drug-likeness (QED) is 0.718. The number of benzene rings is 1. The molecular formula is C12H17BrO. The molecule has 0 saturated heterocycles. The molecule has 0 aliphatic rings. The fourth-order valence-corrected chi connectivity index (χ4v) is 1.77. The zero-order chi connectivity index (χ0) is 10.4. The average Bonchev–Trinajstić information content (AvgIpc) is 2.21. The van der Waals surface area contributed by atoms with Crippen molar-refractivity contribution in [3.8, 4) is 5.75 Å². The normalized spacial score (nSPS) is 10.2. The first-order valence-electron chi connectivity index (χ1n) is 5.19. The van der Waals surface area contributed by atoms with Crippen LogP contribution in [0.15, 0.2) is 22.7 Å². The number of aryl methyl sites for hydroxylation is 1. The second-order valence-corrected chi connectivity index (χ2v) is 4.16. The highest BCUT2D eigenvalue weighted by molar-refractivity contribution is 9.10. The number of halogens is 1. The van der Waals surface area contributed by atoms with Crippen molar-refractivity contribution in [1.82, 2.24) is 0 Å². The standard InChI is InChI=1S/C12H17BrO/c1-3-5-8-14-11-6-7-12(13)10(4-2)9-11/h6-7,9H,3-5,8H2,1-2H3. The molecule has 0 amide bonds. The van der Waals surface area contributed by atoms with E-state index in [1.54, 1.807) is 0 Å². The minimum Gasteiger partial charge on any atom is -0.494 e. The zero-order valence-electron chi connectivity index (χ0n) is 8.85. The van der Waals surface area contributed by atoms with Crippen molar-refractivity contribution < 1.29 is 4.74 Å². The Labute approximate surface area is 94.6 Å². The van der Waals surface area contributed by atoms with Crippen molar-refractivity contribution in [2.24, 2.45) is 0 Å². The van der Waals surface area contributed by atoms with Crippen LogP contribution in [0, 0.1) is 0 Å². The van der Waals surface area contributed by atoms with Gasteiger partial charge in [0.05, 0.1) is 6.61 Å². The highest BCUT2D eigenvalue weighted by Gasteiger charge is 2.00. The van der Waals surface area contributed by atoms with Gasteiger partial charge in [0.2, 0.25) is 0 Å². The topological polar surface area (TPSA) is 9.23 Å². The molecule has 0 unspecified atom stereocenters. The van der Waals surface area contributed by atoms with Crippen LogP contribution in [0.5, 0.6) is 5.75 Å². The largest absolute Gasteiger partial charge is 0.494 e. The van der Waals surface area contributed by atoms with Gasteiger partial charge in [0.25, 0.3) is 0 Å². The van der Waals surface area contributed by atoms with Gasteiger partial charge in [-0.3, -0.25) is 0 Å². The van der Waals surface area contributed by atoms with Gasteiger partial charge in [-0.05, 0) is 36.6 Å². The summed E-state index contributed by atoms with van der Waals surface area (Å²) in [5.74, 6) is 0.985. The molecule has 0 aliphatic carbocycles. The summed E-state index contributed by atoms with van der Waals surface area (Å²) in [7, 11) is 0. The molecule has 0 aromatic heterocycles. The minimum absolute atomic E-state index is 0.821. The third-order valence-electron chi connectivity index (χ3n) is 2.16. The monoisotopic (exact) mass is 256 g/mol. The summed E-state index contributed by atoms with van der Waals surface area (Å²) in [5.41, 5.74) is 1.30. The van der Waals surface area contributed by atoms with E-state index < -0.39 is 0 Å². The Morgan fingerprint density at radius 2 is 2.07 bits per heavy atom. The molecule has 0 saturated carbocycles. The molecule has 0 spiro atoms. The Hall–Kier alpha value is -0.500. The van der Waals surface area contributed by atoms with Crippen LogP contribution < -0.4 is 4.74 Å². The lowest BCUT2D eigenvalue weighted by molar-refractivity contribution is 0.309. The molecule has 2 heteroatoms. The van der Waals surface area contributed by atoms with Crippen LogP contribution in [0.1, 0.15) is 32.3 Å². The zero-order valence-corrected chi connectivity index (χ0v) is 10.4. The minimum atomic E-state index is 0.821. The SMILES string of the molecule is CCCCOc1ccc(Br)c(CC)c1. The van der Waals surface area contributed by atoms with Crippen LogP contribution in [0.25, 0.3) is 0 Å². The average molecular weight is 257 g/mol. The van der Waals surface area contributed by atoms with Gasteiger partial charge >= 0.3 is 0 Å². The summed E-state index contributed by atoms with van der Waals surface area (Å²) in [6.07, 6.45) is 3.33. The van der Waals surface area contributed by atoms with Crippen LogP contribution in [0.3, 0.4) is 0 Å². The van der Waals surface area contributed by atoms with E-state index in [-0.39, 0.29) is 0 Å². The van der Waals surface area contributed by atoms with E-state index in [4.69, 9.17) is 4.74 Å². The molecule has 1 aromatic carbocycles. The van der Waals surface area contributed by atoms with Gasteiger partial charge in [0.1, 0.15) is 5.75 Å². The lowest BCUT2D eigenvalue weighted by atomic mass is 10.2. The van der Waals surface area contributed by atoms with E-state index in [2.05, 4.69) is 41.9 Å². The Morgan fingerprint density at radius 1 is 1.29 bits per heavy atom. The summed E-state index contributed by atoms with van der Waals surface area (Å²) in [6, 6.07) is 6.18. The molecule has 0 aliphatic heterocycles. The van der Waals surface area contributed by atoms with Crippen molar-refractivity contribution in [2.45, 2.75) is 33.1 Å². The summed E-state index contributed by atoms with van der Waals surface area (Å²) in [5, 5.41) is 0. The van der Waals surface area contributed by atoms with Crippen LogP contribution in [0.2, 0.25) is 0 Å². The van der Waals surface area contributed by atoms with Gasteiger partial charge in [-0.15, -0.1) is 0 Å². The number of ether oxygens (including phenoxy) is 1. The number of hydrogen-bond acceptors (Lipinski definition) is 1. The molecular weight excluding hydrogens is 240 g/mol. The highest BCUT2D eigenvalue weighted by atomic mass is 79.9. The van der Waals surface area contributed by atoms with E-state index in [0.717, 1.165) is 25.2 Å². The van der Waals surface area contributed by atoms with Gasteiger partial charge in [-0.25, -0.2) is 0 Å². The smallest absolute Gasteiger partial charge is 0.119 e. The second kappa shape index (κ2) is 6.07. The van der Waals surface area contributed by atoms with Crippen LogP contribution >= 0.6 is 15.9 Å². The van der Waals surface area contributed by atoms with Crippen molar-refractivity contribution in [3.05, 3.63) is 28.2 Å². The van der Waals surface area contributed by atoms with E-state index >= 15 is 0 Å². The van der Waals surface area contributed by atoms with E-state index in [9.17, 15) is 0 Å².